The fourth-order valence-electron chi connectivity index (χ4n) is 2.26. The average Bonchev–Trinajstić information content (AvgIpc) is 3.13. The molecule has 9 heteroatoms. The molecule has 1 aromatic carbocycles. The topological polar surface area (TPSA) is 102 Å². The van der Waals surface area contributed by atoms with E-state index >= 15 is 0 Å². The summed E-state index contributed by atoms with van der Waals surface area (Å²) in [5.74, 6) is 0.224. The maximum absolute atomic E-state index is 12.5. The molecule has 0 atom stereocenters. The fourth-order valence-corrected chi connectivity index (χ4v) is 3.36. The summed E-state index contributed by atoms with van der Waals surface area (Å²) in [5.41, 5.74) is 0.347. The molecule has 0 bridgehead atoms. The van der Waals surface area contributed by atoms with Gasteiger partial charge in [-0.2, -0.15) is 0 Å². The summed E-state index contributed by atoms with van der Waals surface area (Å²) in [6, 6.07) is 4.43. The molecule has 8 nitrogen and oxygen atoms in total. The molecule has 0 radical (unpaired) electrons. The molecule has 1 amide bonds. The lowest BCUT2D eigenvalue weighted by molar-refractivity contribution is -0.115. The van der Waals surface area contributed by atoms with Gasteiger partial charge in [-0.3, -0.25) is 4.79 Å². The van der Waals surface area contributed by atoms with Crippen molar-refractivity contribution in [1.82, 2.24) is 14.3 Å². The number of nitrogens with zero attached hydrogens (tertiary/aromatic N) is 2. The van der Waals surface area contributed by atoms with Crippen molar-refractivity contribution < 1.29 is 17.9 Å². The van der Waals surface area contributed by atoms with E-state index in [1.807, 2.05) is 17.7 Å². The summed E-state index contributed by atoms with van der Waals surface area (Å²) in [5, 5.41) is 2.68. The van der Waals surface area contributed by atoms with Crippen LogP contribution in [0.1, 0.15) is 26.7 Å². The lowest BCUT2D eigenvalue weighted by Crippen LogP contribution is -2.25. The number of hydrogen-bond donors (Lipinski definition) is 2. The van der Waals surface area contributed by atoms with E-state index in [2.05, 4.69) is 15.0 Å². The summed E-state index contributed by atoms with van der Waals surface area (Å²) in [6.45, 7) is 4.91. The Hall–Kier alpha value is -2.39. The molecule has 0 aliphatic heterocycles. The first-order valence-corrected chi connectivity index (χ1v) is 9.96. The highest BCUT2D eigenvalue weighted by atomic mass is 32.2. The van der Waals surface area contributed by atoms with Crippen molar-refractivity contribution >= 4 is 21.6 Å². The van der Waals surface area contributed by atoms with Crippen LogP contribution in [0.25, 0.3) is 0 Å². The minimum absolute atomic E-state index is 0.0787. The number of nitrogens with one attached hydrogen (secondary N) is 2. The lowest BCUT2D eigenvalue weighted by atomic mass is 10.3. The number of imidazole rings is 1. The van der Waals surface area contributed by atoms with Crippen molar-refractivity contribution in [2.45, 2.75) is 38.1 Å². The minimum atomic E-state index is -3.68. The fraction of sp³-hybridized carbons (Fsp3) is 0.412. The van der Waals surface area contributed by atoms with Crippen LogP contribution in [0.5, 0.6) is 5.75 Å². The molecular formula is C17H24N4O4S. The van der Waals surface area contributed by atoms with Crippen molar-refractivity contribution in [1.29, 1.82) is 0 Å². The Morgan fingerprint density at radius 3 is 2.77 bits per heavy atom. The van der Waals surface area contributed by atoms with Gasteiger partial charge in [-0.25, -0.2) is 18.1 Å². The monoisotopic (exact) mass is 380 g/mol. The molecule has 1 heterocycles. The average molecular weight is 380 g/mol. The van der Waals surface area contributed by atoms with E-state index in [4.69, 9.17) is 4.74 Å². The number of carbonyl (C=O) groups is 1. The van der Waals surface area contributed by atoms with Gasteiger partial charge in [0.05, 0.1) is 23.5 Å². The Kier molecular flexibility index (Phi) is 7.16. The number of sulfonamides is 1. The molecule has 26 heavy (non-hydrogen) atoms. The molecule has 0 saturated heterocycles. The number of ether oxygens (including phenoxy) is 1. The van der Waals surface area contributed by atoms with E-state index in [1.54, 1.807) is 25.5 Å². The number of hydrogen-bond acceptors (Lipinski definition) is 5. The van der Waals surface area contributed by atoms with Gasteiger partial charge in [0, 0.05) is 31.9 Å². The number of benzene rings is 1. The smallest absolute Gasteiger partial charge is 0.240 e. The number of rotatable bonds is 10. The number of aryl methyl sites for hydroxylation is 1. The van der Waals surface area contributed by atoms with Gasteiger partial charge >= 0.3 is 0 Å². The molecule has 0 aliphatic carbocycles. The van der Waals surface area contributed by atoms with Crippen LogP contribution in [-0.4, -0.2) is 37.0 Å². The van der Waals surface area contributed by atoms with Crippen molar-refractivity contribution in [2.75, 3.05) is 18.5 Å². The standard InChI is InChI=1S/C17H24N4O4S/c1-3-17(22)20-15-12-14(6-7-16(15)25-4-2)26(23,24)19-8-5-10-21-11-9-18-13-21/h6-7,9,11-13,19H,3-5,8,10H2,1-2H3,(H,20,22). The number of amides is 1. The molecular weight excluding hydrogens is 356 g/mol. The largest absolute Gasteiger partial charge is 0.492 e. The van der Waals surface area contributed by atoms with Crippen LogP contribution in [0.3, 0.4) is 0 Å². The Morgan fingerprint density at radius 2 is 2.12 bits per heavy atom. The predicted molar refractivity (Wildman–Crippen MR) is 98.6 cm³/mol. The van der Waals surface area contributed by atoms with E-state index in [1.165, 1.54) is 12.1 Å². The Balaban J connectivity index is 2.06. The second-order valence-corrected chi connectivity index (χ2v) is 7.31. The number of carbonyl (C=O) groups excluding carboxylic acids is 1. The van der Waals surface area contributed by atoms with Crippen molar-refractivity contribution in [2.24, 2.45) is 0 Å². The first-order chi connectivity index (χ1) is 12.5. The van der Waals surface area contributed by atoms with E-state index in [0.717, 1.165) is 0 Å². The quantitative estimate of drug-likeness (QED) is 0.614. The van der Waals surface area contributed by atoms with Gasteiger partial charge in [-0.05, 0) is 31.5 Å². The third-order valence-corrected chi connectivity index (χ3v) is 5.06. The van der Waals surface area contributed by atoms with Crippen LogP contribution in [0.4, 0.5) is 5.69 Å². The van der Waals surface area contributed by atoms with E-state index in [-0.39, 0.29) is 17.2 Å². The molecule has 2 aromatic rings. The van der Waals surface area contributed by atoms with Crippen LogP contribution in [0.2, 0.25) is 0 Å². The van der Waals surface area contributed by atoms with Gasteiger partial charge in [0.1, 0.15) is 5.75 Å². The van der Waals surface area contributed by atoms with Crippen LogP contribution in [0.15, 0.2) is 41.8 Å². The molecule has 2 rings (SSSR count). The Morgan fingerprint density at radius 1 is 1.31 bits per heavy atom. The normalized spacial score (nSPS) is 11.3. The number of aromatic nitrogens is 2. The van der Waals surface area contributed by atoms with Gasteiger partial charge < -0.3 is 14.6 Å². The maximum Gasteiger partial charge on any atom is 0.240 e. The Bertz CT molecular complexity index is 819. The molecule has 0 saturated carbocycles. The van der Waals surface area contributed by atoms with Gasteiger partial charge in [-0.1, -0.05) is 6.92 Å². The molecule has 1 aromatic heterocycles. The minimum Gasteiger partial charge on any atom is -0.492 e. The summed E-state index contributed by atoms with van der Waals surface area (Å²) >= 11 is 0. The third kappa shape index (κ3) is 5.57. The summed E-state index contributed by atoms with van der Waals surface area (Å²) in [4.78, 5) is 15.7. The van der Waals surface area contributed by atoms with Crippen LogP contribution in [-0.2, 0) is 21.4 Å². The molecule has 2 N–H and O–H groups in total. The lowest BCUT2D eigenvalue weighted by Gasteiger charge is -2.13. The second kappa shape index (κ2) is 9.35. The third-order valence-electron chi connectivity index (χ3n) is 3.60. The first-order valence-electron chi connectivity index (χ1n) is 8.48. The van der Waals surface area contributed by atoms with E-state index in [9.17, 15) is 13.2 Å². The van der Waals surface area contributed by atoms with Crippen molar-refractivity contribution in [3.05, 3.63) is 36.9 Å². The zero-order valence-electron chi connectivity index (χ0n) is 14.9. The zero-order valence-corrected chi connectivity index (χ0v) is 15.8. The summed E-state index contributed by atoms with van der Waals surface area (Å²) < 4.78 is 34.9. The van der Waals surface area contributed by atoms with Crippen LogP contribution >= 0.6 is 0 Å². The zero-order chi connectivity index (χ0) is 19.0. The highest BCUT2D eigenvalue weighted by Crippen LogP contribution is 2.28. The molecule has 0 aliphatic rings. The van der Waals surface area contributed by atoms with Gasteiger partial charge in [0.15, 0.2) is 0 Å². The molecule has 0 spiro atoms. The molecule has 0 unspecified atom stereocenters. The summed E-state index contributed by atoms with van der Waals surface area (Å²) in [6.07, 6.45) is 6.10. The molecule has 0 fully saturated rings. The first kappa shape index (κ1) is 19.9. The SMILES string of the molecule is CCOc1ccc(S(=O)(=O)NCCCn2ccnc2)cc1NC(=O)CC. The second-order valence-electron chi connectivity index (χ2n) is 5.54. The number of anilines is 1. The van der Waals surface area contributed by atoms with Crippen LogP contribution in [0, 0.1) is 0 Å². The van der Waals surface area contributed by atoms with Crippen LogP contribution < -0.4 is 14.8 Å². The van der Waals surface area contributed by atoms with Crippen molar-refractivity contribution in [3.63, 3.8) is 0 Å². The maximum atomic E-state index is 12.5. The Labute approximate surface area is 153 Å². The van der Waals surface area contributed by atoms with E-state index in [0.29, 0.717) is 37.6 Å². The van der Waals surface area contributed by atoms with Crippen molar-refractivity contribution in [3.8, 4) is 5.75 Å². The van der Waals surface area contributed by atoms with Gasteiger partial charge in [0.2, 0.25) is 15.9 Å². The van der Waals surface area contributed by atoms with Gasteiger partial charge in [-0.15, -0.1) is 0 Å². The summed E-state index contributed by atoms with van der Waals surface area (Å²) in [7, 11) is -3.68. The highest BCUT2D eigenvalue weighted by Gasteiger charge is 2.17. The predicted octanol–water partition coefficient (Wildman–Crippen LogP) is 2.00. The molecule has 142 valence electrons. The van der Waals surface area contributed by atoms with E-state index < -0.39 is 10.0 Å². The van der Waals surface area contributed by atoms with Gasteiger partial charge in [0.25, 0.3) is 0 Å². The highest BCUT2D eigenvalue weighted by molar-refractivity contribution is 7.89.